The second-order valence-corrected chi connectivity index (χ2v) is 7.01. The SMILES string of the molecule is COc1cc(OC)nc(Sc2nc(C)cc(-c3cccs3)c2C(=O)O)n1. The molecule has 134 valence electrons. The van der Waals surface area contributed by atoms with E-state index in [2.05, 4.69) is 15.0 Å². The van der Waals surface area contributed by atoms with Crippen LogP contribution in [0, 0.1) is 6.92 Å². The van der Waals surface area contributed by atoms with Crippen LogP contribution in [-0.2, 0) is 0 Å². The van der Waals surface area contributed by atoms with E-state index in [1.807, 2.05) is 24.4 Å². The van der Waals surface area contributed by atoms with Gasteiger partial charge in [0.15, 0.2) is 0 Å². The monoisotopic (exact) mass is 389 g/mol. The van der Waals surface area contributed by atoms with E-state index in [4.69, 9.17) is 9.47 Å². The molecule has 3 aromatic heterocycles. The number of aromatic carboxylic acids is 1. The van der Waals surface area contributed by atoms with Gasteiger partial charge < -0.3 is 14.6 Å². The molecule has 3 heterocycles. The van der Waals surface area contributed by atoms with Crippen molar-refractivity contribution < 1.29 is 19.4 Å². The van der Waals surface area contributed by atoms with Crippen molar-refractivity contribution in [1.82, 2.24) is 15.0 Å². The summed E-state index contributed by atoms with van der Waals surface area (Å²) >= 11 is 2.53. The average molecular weight is 389 g/mol. The Morgan fingerprint density at radius 1 is 1.15 bits per heavy atom. The molecule has 0 radical (unpaired) electrons. The number of aryl methyl sites for hydroxylation is 1. The summed E-state index contributed by atoms with van der Waals surface area (Å²) in [5, 5.41) is 12.3. The first-order valence-corrected chi connectivity index (χ1v) is 9.15. The van der Waals surface area contributed by atoms with E-state index in [1.165, 1.54) is 25.6 Å². The lowest BCUT2D eigenvalue weighted by Crippen LogP contribution is -2.06. The summed E-state index contributed by atoms with van der Waals surface area (Å²) < 4.78 is 10.3. The van der Waals surface area contributed by atoms with Gasteiger partial charge in [0.2, 0.25) is 16.9 Å². The van der Waals surface area contributed by atoms with Crippen LogP contribution in [0.5, 0.6) is 11.8 Å². The van der Waals surface area contributed by atoms with Crippen molar-refractivity contribution in [3.63, 3.8) is 0 Å². The number of carbonyl (C=O) groups is 1. The van der Waals surface area contributed by atoms with Crippen LogP contribution in [-0.4, -0.2) is 40.2 Å². The number of hydrogen-bond acceptors (Lipinski definition) is 8. The number of carboxylic acid groups (broad SMARTS) is 1. The van der Waals surface area contributed by atoms with E-state index in [0.29, 0.717) is 33.2 Å². The second kappa shape index (κ2) is 7.71. The third-order valence-corrected chi connectivity index (χ3v) is 5.14. The first-order chi connectivity index (χ1) is 12.5. The highest BCUT2D eigenvalue weighted by Crippen LogP contribution is 2.36. The first kappa shape index (κ1) is 18.2. The molecular formula is C17H15N3O4S2. The molecule has 9 heteroatoms. The predicted molar refractivity (Wildman–Crippen MR) is 98.5 cm³/mol. The minimum Gasteiger partial charge on any atom is -0.481 e. The highest BCUT2D eigenvalue weighted by atomic mass is 32.2. The van der Waals surface area contributed by atoms with Crippen molar-refractivity contribution in [3.8, 4) is 22.2 Å². The third-order valence-electron chi connectivity index (χ3n) is 3.38. The zero-order valence-corrected chi connectivity index (χ0v) is 15.8. The molecule has 26 heavy (non-hydrogen) atoms. The Morgan fingerprint density at radius 2 is 1.85 bits per heavy atom. The van der Waals surface area contributed by atoms with Crippen LogP contribution in [0.4, 0.5) is 0 Å². The van der Waals surface area contributed by atoms with Gasteiger partial charge in [0.1, 0.15) is 10.6 Å². The molecule has 3 aromatic rings. The Hall–Kier alpha value is -2.65. The number of aromatic nitrogens is 3. The fourth-order valence-corrected chi connectivity index (χ4v) is 3.96. The number of carboxylic acids is 1. The molecule has 0 bridgehead atoms. The zero-order valence-electron chi connectivity index (χ0n) is 14.2. The standard InChI is InChI=1S/C17H15N3O4S2/c1-9-7-10(11-5-4-6-25-11)14(16(21)22)15(18-9)26-17-19-12(23-2)8-13(20-17)24-3/h4-8H,1-3H3,(H,21,22). The lowest BCUT2D eigenvalue weighted by Gasteiger charge is -2.11. The first-order valence-electron chi connectivity index (χ1n) is 7.45. The van der Waals surface area contributed by atoms with Crippen LogP contribution in [0.3, 0.4) is 0 Å². The Kier molecular flexibility index (Phi) is 5.38. The molecule has 0 aliphatic carbocycles. The number of rotatable bonds is 6. The molecule has 0 amide bonds. The van der Waals surface area contributed by atoms with Crippen LogP contribution in [0.1, 0.15) is 16.1 Å². The van der Waals surface area contributed by atoms with Crippen molar-refractivity contribution in [2.45, 2.75) is 17.1 Å². The van der Waals surface area contributed by atoms with E-state index in [-0.39, 0.29) is 5.56 Å². The van der Waals surface area contributed by atoms with Crippen molar-refractivity contribution in [2.75, 3.05) is 14.2 Å². The van der Waals surface area contributed by atoms with Gasteiger partial charge in [-0.1, -0.05) is 6.07 Å². The zero-order chi connectivity index (χ0) is 18.7. The van der Waals surface area contributed by atoms with Gasteiger partial charge in [0, 0.05) is 16.1 Å². The van der Waals surface area contributed by atoms with Crippen molar-refractivity contribution in [2.24, 2.45) is 0 Å². The number of nitrogens with zero attached hydrogens (tertiary/aromatic N) is 3. The van der Waals surface area contributed by atoms with Gasteiger partial charge in [0.25, 0.3) is 0 Å². The normalized spacial score (nSPS) is 10.6. The van der Waals surface area contributed by atoms with Gasteiger partial charge in [-0.2, -0.15) is 9.97 Å². The molecule has 0 aliphatic heterocycles. The summed E-state index contributed by atoms with van der Waals surface area (Å²) in [6.45, 7) is 1.82. The lowest BCUT2D eigenvalue weighted by molar-refractivity contribution is 0.0693. The molecule has 0 unspecified atom stereocenters. The summed E-state index contributed by atoms with van der Waals surface area (Å²) in [5.41, 5.74) is 1.45. The maximum atomic E-state index is 11.9. The topological polar surface area (TPSA) is 94.4 Å². The van der Waals surface area contributed by atoms with Gasteiger partial charge in [-0.3, -0.25) is 0 Å². The molecule has 0 atom stereocenters. The minimum absolute atomic E-state index is 0.119. The Bertz CT molecular complexity index is 923. The highest BCUT2D eigenvalue weighted by Gasteiger charge is 2.22. The molecule has 3 rings (SSSR count). The maximum Gasteiger partial charge on any atom is 0.339 e. The molecule has 0 fully saturated rings. The van der Waals surface area contributed by atoms with E-state index >= 15 is 0 Å². The summed E-state index contributed by atoms with van der Waals surface area (Å²) in [7, 11) is 2.97. The van der Waals surface area contributed by atoms with Gasteiger partial charge in [0.05, 0.1) is 20.3 Å². The van der Waals surface area contributed by atoms with Crippen LogP contribution in [0.2, 0.25) is 0 Å². The smallest absolute Gasteiger partial charge is 0.339 e. The summed E-state index contributed by atoms with van der Waals surface area (Å²) in [5.74, 6) is -0.414. The second-order valence-electron chi connectivity index (χ2n) is 5.11. The van der Waals surface area contributed by atoms with Gasteiger partial charge in [-0.25, -0.2) is 9.78 Å². The Labute approximate surface area is 158 Å². The van der Waals surface area contributed by atoms with Gasteiger partial charge in [-0.05, 0) is 36.2 Å². The van der Waals surface area contributed by atoms with Crippen molar-refractivity contribution >= 4 is 29.1 Å². The van der Waals surface area contributed by atoms with Gasteiger partial charge >= 0.3 is 5.97 Å². The molecule has 0 spiro atoms. The van der Waals surface area contributed by atoms with Crippen LogP contribution < -0.4 is 9.47 Å². The number of ether oxygens (including phenoxy) is 2. The molecule has 0 aliphatic rings. The minimum atomic E-state index is -1.06. The van der Waals surface area contributed by atoms with Crippen LogP contribution in [0.15, 0.2) is 39.8 Å². The average Bonchev–Trinajstić information content (AvgIpc) is 3.15. The van der Waals surface area contributed by atoms with Gasteiger partial charge in [-0.15, -0.1) is 11.3 Å². The van der Waals surface area contributed by atoms with E-state index in [1.54, 1.807) is 12.1 Å². The van der Waals surface area contributed by atoms with Crippen molar-refractivity contribution in [3.05, 3.63) is 40.9 Å². The number of pyridine rings is 1. The van der Waals surface area contributed by atoms with Crippen molar-refractivity contribution in [1.29, 1.82) is 0 Å². The number of thiophene rings is 1. The summed E-state index contributed by atoms with van der Waals surface area (Å²) in [6, 6.07) is 7.07. The summed E-state index contributed by atoms with van der Waals surface area (Å²) in [4.78, 5) is 25.7. The Balaban J connectivity index is 2.12. The largest absolute Gasteiger partial charge is 0.481 e. The van der Waals surface area contributed by atoms with Crippen LogP contribution in [0.25, 0.3) is 10.4 Å². The molecule has 1 N–H and O–H groups in total. The number of hydrogen-bond donors (Lipinski definition) is 1. The van der Waals surface area contributed by atoms with Crippen LogP contribution >= 0.6 is 23.1 Å². The molecule has 0 saturated carbocycles. The lowest BCUT2D eigenvalue weighted by atomic mass is 10.1. The quantitative estimate of drug-likeness (QED) is 0.637. The predicted octanol–water partition coefficient (Wildman–Crippen LogP) is 3.78. The molecule has 0 saturated heterocycles. The summed E-state index contributed by atoms with van der Waals surface area (Å²) in [6.07, 6.45) is 0. The molecule has 7 nitrogen and oxygen atoms in total. The van der Waals surface area contributed by atoms with E-state index in [0.717, 1.165) is 16.6 Å². The third kappa shape index (κ3) is 3.78. The number of methoxy groups -OCH3 is 2. The maximum absolute atomic E-state index is 11.9. The Morgan fingerprint density at radius 3 is 2.38 bits per heavy atom. The van der Waals surface area contributed by atoms with E-state index in [9.17, 15) is 9.90 Å². The van der Waals surface area contributed by atoms with E-state index < -0.39 is 5.97 Å². The molecule has 0 aromatic carbocycles. The fraction of sp³-hybridized carbons (Fsp3) is 0.176. The fourth-order valence-electron chi connectivity index (χ4n) is 2.28. The molecular weight excluding hydrogens is 374 g/mol. The highest BCUT2D eigenvalue weighted by molar-refractivity contribution is 7.99.